The predicted molar refractivity (Wildman–Crippen MR) is 147 cm³/mol. The number of thiophene rings is 1. The number of hydrogen-bond acceptors (Lipinski definition) is 8. The van der Waals surface area contributed by atoms with Gasteiger partial charge in [0.1, 0.15) is 16.3 Å². The van der Waals surface area contributed by atoms with Crippen LogP contribution in [0.5, 0.6) is 5.75 Å². The Labute approximate surface area is 228 Å². The van der Waals surface area contributed by atoms with Gasteiger partial charge in [-0.1, -0.05) is 59.3 Å². The van der Waals surface area contributed by atoms with E-state index in [0.29, 0.717) is 37.9 Å². The largest absolute Gasteiger partial charge is 0.483 e. The van der Waals surface area contributed by atoms with Crippen LogP contribution in [0.25, 0.3) is 11.1 Å². The molecule has 0 fully saturated rings. The SMILES string of the molecule is COC(=O)c1c(-c2ccc(C)cc2)csc1NC(=O)CSc1nnc(C(C)Oc2cccc(Cl)c2)n1C. The highest BCUT2D eigenvalue weighted by Crippen LogP contribution is 2.36. The van der Waals surface area contributed by atoms with Crippen LogP contribution in [0.1, 0.15) is 34.8 Å². The standard InChI is InChI=1S/C26H25ClN4O4S2/c1-15-8-10-17(11-9-15)20-13-36-24(22(20)25(33)34-4)28-21(32)14-37-26-30-29-23(31(26)3)16(2)35-19-7-5-6-18(27)12-19/h5-13,16H,14H2,1-4H3,(H,28,32). The number of aryl methyl sites for hydroxylation is 1. The smallest absolute Gasteiger partial charge is 0.341 e. The molecule has 1 unspecified atom stereocenters. The number of carbonyl (C=O) groups is 2. The van der Waals surface area contributed by atoms with E-state index in [1.807, 2.05) is 62.7 Å². The lowest BCUT2D eigenvalue weighted by atomic mass is 10.0. The topological polar surface area (TPSA) is 95.3 Å². The number of carbonyl (C=O) groups excluding carboxylic acids is 2. The molecule has 8 nitrogen and oxygen atoms in total. The Morgan fingerprint density at radius 3 is 2.65 bits per heavy atom. The minimum Gasteiger partial charge on any atom is -0.483 e. The Hall–Kier alpha value is -3.34. The molecule has 1 atom stereocenters. The van der Waals surface area contributed by atoms with Crippen LogP contribution < -0.4 is 10.1 Å². The average molecular weight is 557 g/mol. The van der Waals surface area contributed by atoms with Gasteiger partial charge in [0.05, 0.1) is 12.9 Å². The number of esters is 1. The van der Waals surface area contributed by atoms with Crippen molar-refractivity contribution in [2.45, 2.75) is 25.1 Å². The summed E-state index contributed by atoms with van der Waals surface area (Å²) in [4.78, 5) is 25.4. The summed E-state index contributed by atoms with van der Waals surface area (Å²) in [7, 11) is 3.14. The van der Waals surface area contributed by atoms with Crippen molar-refractivity contribution in [2.75, 3.05) is 18.2 Å². The van der Waals surface area contributed by atoms with Gasteiger partial charge in [-0.3, -0.25) is 4.79 Å². The predicted octanol–water partition coefficient (Wildman–Crippen LogP) is 6.16. The first kappa shape index (κ1) is 26.7. The fourth-order valence-electron chi connectivity index (χ4n) is 3.60. The van der Waals surface area contributed by atoms with E-state index in [2.05, 4.69) is 15.5 Å². The van der Waals surface area contributed by atoms with Crippen LogP contribution in [0, 0.1) is 6.92 Å². The third kappa shape index (κ3) is 6.33. The summed E-state index contributed by atoms with van der Waals surface area (Å²) < 4.78 is 12.7. The number of aromatic nitrogens is 3. The third-order valence-corrected chi connectivity index (χ3v) is 7.62. The first-order valence-electron chi connectivity index (χ1n) is 11.3. The molecule has 0 bridgehead atoms. The van der Waals surface area contributed by atoms with Crippen LogP contribution in [0.2, 0.25) is 5.02 Å². The molecule has 0 aliphatic carbocycles. The van der Waals surface area contributed by atoms with Gasteiger partial charge < -0.3 is 19.4 Å². The van der Waals surface area contributed by atoms with Crippen molar-refractivity contribution in [3.05, 3.63) is 75.9 Å². The normalized spacial score (nSPS) is 11.7. The molecule has 0 aliphatic rings. The number of ether oxygens (including phenoxy) is 2. The van der Waals surface area contributed by atoms with E-state index < -0.39 is 5.97 Å². The lowest BCUT2D eigenvalue weighted by Crippen LogP contribution is -2.16. The molecule has 11 heteroatoms. The fourth-order valence-corrected chi connectivity index (χ4v) is 5.47. The number of amides is 1. The molecular weight excluding hydrogens is 532 g/mol. The number of nitrogens with zero attached hydrogens (tertiary/aromatic N) is 3. The molecule has 4 rings (SSSR count). The van der Waals surface area contributed by atoms with E-state index in [1.54, 1.807) is 16.7 Å². The number of halogens is 1. The summed E-state index contributed by atoms with van der Waals surface area (Å²) in [6, 6.07) is 14.9. The fraction of sp³-hybridized carbons (Fsp3) is 0.231. The van der Waals surface area contributed by atoms with Crippen LogP contribution in [0.3, 0.4) is 0 Å². The summed E-state index contributed by atoms with van der Waals surface area (Å²) in [6.07, 6.45) is -0.381. The maximum atomic E-state index is 12.8. The van der Waals surface area contributed by atoms with Crippen molar-refractivity contribution in [1.29, 1.82) is 0 Å². The zero-order valence-electron chi connectivity index (χ0n) is 20.6. The number of methoxy groups -OCH3 is 1. The van der Waals surface area contributed by atoms with E-state index in [0.717, 1.165) is 11.1 Å². The molecule has 4 aromatic rings. The molecule has 192 valence electrons. The summed E-state index contributed by atoms with van der Waals surface area (Å²) in [5.74, 6) is 0.524. The molecule has 2 heterocycles. The number of hydrogen-bond donors (Lipinski definition) is 1. The number of anilines is 1. The summed E-state index contributed by atoms with van der Waals surface area (Å²) >= 11 is 8.55. The van der Waals surface area contributed by atoms with Crippen molar-refractivity contribution in [2.24, 2.45) is 7.05 Å². The van der Waals surface area contributed by atoms with Crippen molar-refractivity contribution in [3.8, 4) is 16.9 Å². The Balaban J connectivity index is 1.43. The van der Waals surface area contributed by atoms with E-state index in [9.17, 15) is 9.59 Å². The Bertz CT molecular complexity index is 1420. The van der Waals surface area contributed by atoms with Gasteiger partial charge in [0, 0.05) is 23.0 Å². The van der Waals surface area contributed by atoms with Crippen molar-refractivity contribution in [3.63, 3.8) is 0 Å². The number of benzene rings is 2. The zero-order chi connectivity index (χ0) is 26.5. The Kier molecular flexibility index (Phi) is 8.52. The molecule has 0 spiro atoms. The summed E-state index contributed by atoms with van der Waals surface area (Å²) in [5.41, 5.74) is 3.04. The number of thioether (sulfide) groups is 1. The van der Waals surface area contributed by atoms with Gasteiger partial charge in [0.25, 0.3) is 0 Å². The maximum Gasteiger partial charge on any atom is 0.341 e. The minimum atomic E-state index is -0.508. The van der Waals surface area contributed by atoms with E-state index in [4.69, 9.17) is 21.1 Å². The average Bonchev–Trinajstić information content (AvgIpc) is 3.46. The van der Waals surface area contributed by atoms with Gasteiger partial charge in [0.2, 0.25) is 5.91 Å². The number of nitrogens with one attached hydrogen (secondary N) is 1. The van der Waals surface area contributed by atoms with Crippen LogP contribution in [0.15, 0.2) is 59.1 Å². The van der Waals surface area contributed by atoms with Gasteiger partial charge in [-0.25, -0.2) is 4.79 Å². The lowest BCUT2D eigenvalue weighted by molar-refractivity contribution is -0.113. The number of rotatable bonds is 9. The van der Waals surface area contributed by atoms with Crippen molar-refractivity contribution >= 4 is 51.6 Å². The molecule has 2 aromatic heterocycles. The van der Waals surface area contributed by atoms with Crippen LogP contribution in [0.4, 0.5) is 5.00 Å². The van der Waals surface area contributed by atoms with Crippen molar-refractivity contribution in [1.82, 2.24) is 14.8 Å². The first-order chi connectivity index (χ1) is 17.8. The first-order valence-corrected chi connectivity index (χ1v) is 13.5. The van der Waals surface area contributed by atoms with Crippen molar-refractivity contribution < 1.29 is 19.1 Å². The van der Waals surface area contributed by atoms with Crippen LogP contribution in [-0.2, 0) is 16.6 Å². The molecule has 0 saturated carbocycles. The molecule has 1 amide bonds. The molecule has 2 aromatic carbocycles. The van der Waals surface area contributed by atoms with Gasteiger partial charge >= 0.3 is 5.97 Å². The van der Waals surface area contributed by atoms with Gasteiger partial charge in [0.15, 0.2) is 17.1 Å². The van der Waals surface area contributed by atoms with Gasteiger partial charge in [-0.05, 0) is 37.6 Å². The molecule has 0 radical (unpaired) electrons. The molecular formula is C26H25ClN4O4S2. The highest BCUT2D eigenvalue weighted by molar-refractivity contribution is 7.99. The van der Waals surface area contributed by atoms with E-state index in [-0.39, 0.29) is 17.8 Å². The molecule has 37 heavy (non-hydrogen) atoms. The van der Waals surface area contributed by atoms with Gasteiger partial charge in [-0.15, -0.1) is 21.5 Å². The molecule has 0 saturated heterocycles. The monoisotopic (exact) mass is 556 g/mol. The zero-order valence-corrected chi connectivity index (χ0v) is 23.0. The Morgan fingerprint density at radius 2 is 1.95 bits per heavy atom. The Morgan fingerprint density at radius 1 is 1.19 bits per heavy atom. The summed E-state index contributed by atoms with van der Waals surface area (Å²) in [6.45, 7) is 3.86. The summed E-state index contributed by atoms with van der Waals surface area (Å²) in [5, 5.41) is 14.7. The second-order valence-electron chi connectivity index (χ2n) is 8.17. The maximum absolute atomic E-state index is 12.8. The second-order valence-corrected chi connectivity index (χ2v) is 10.4. The second kappa shape index (κ2) is 11.8. The minimum absolute atomic E-state index is 0.0773. The lowest BCUT2D eigenvalue weighted by Gasteiger charge is -2.14. The van der Waals surface area contributed by atoms with Crippen LogP contribution in [-0.4, -0.2) is 39.5 Å². The molecule has 1 N–H and O–H groups in total. The highest BCUT2D eigenvalue weighted by atomic mass is 35.5. The quantitative estimate of drug-likeness (QED) is 0.195. The van der Waals surface area contributed by atoms with Crippen LogP contribution >= 0.6 is 34.7 Å². The van der Waals surface area contributed by atoms with E-state index in [1.165, 1.54) is 30.2 Å². The van der Waals surface area contributed by atoms with E-state index >= 15 is 0 Å². The molecule has 0 aliphatic heterocycles. The third-order valence-electron chi connectivity index (χ3n) is 5.47. The highest BCUT2D eigenvalue weighted by Gasteiger charge is 2.23. The van der Waals surface area contributed by atoms with Gasteiger partial charge in [-0.2, -0.15) is 0 Å².